The molecule has 0 aromatic heterocycles. The summed E-state index contributed by atoms with van der Waals surface area (Å²) in [4.78, 5) is 0. The van der Waals surface area contributed by atoms with Crippen molar-refractivity contribution in [3.63, 3.8) is 0 Å². The van der Waals surface area contributed by atoms with E-state index in [1.165, 1.54) is 0 Å². The Kier molecular flexibility index (Phi) is 25.9. The van der Waals surface area contributed by atoms with E-state index in [-0.39, 0.29) is 29.6 Å². The van der Waals surface area contributed by atoms with Gasteiger partial charge in [-0.25, -0.2) is 8.42 Å². The molecule has 0 aromatic rings. The van der Waals surface area contributed by atoms with Crippen LogP contribution in [0.3, 0.4) is 0 Å². The van der Waals surface area contributed by atoms with E-state index in [2.05, 4.69) is 0 Å². The zero-order valence-corrected chi connectivity index (χ0v) is 12.8. The Balaban J connectivity index is -0.0000000700. The first-order valence-electron chi connectivity index (χ1n) is 2.93. The third-order valence-electron chi connectivity index (χ3n) is 0.377. The second kappa shape index (κ2) is 16.1. The van der Waals surface area contributed by atoms with Gasteiger partial charge in [0.15, 0.2) is 0 Å². The largest absolute Gasteiger partial charge is 1.00 e. The quantitative estimate of drug-likeness (QED) is 0.153. The molecule has 5 N–H and O–H groups in total. The Morgan fingerprint density at radius 1 is 1.06 bits per heavy atom. The normalized spacial score (nSPS) is 9.50. The molecule has 0 bridgehead atoms. The molecule has 0 heterocycles. The molecule has 9 nitrogen and oxygen atoms in total. The molecule has 96 valence electrons. The van der Waals surface area contributed by atoms with Gasteiger partial charge < -0.3 is 4.55 Å². The van der Waals surface area contributed by atoms with Crippen LogP contribution in [0, 0.1) is 5.75 Å². The Labute approximate surface area is 120 Å². The average Bonchev–Trinajstić information content (AvgIpc) is 1.79. The first kappa shape index (κ1) is 25.8. The van der Waals surface area contributed by atoms with Crippen LogP contribution >= 0.6 is 0 Å². The summed E-state index contributed by atoms with van der Waals surface area (Å²) in [5.74, 6) is 0.840. The Hall–Kier alpha value is 1.05. The topological polar surface area (TPSA) is 169 Å². The molecule has 0 saturated heterocycles. The molecule has 0 aromatic carbocycles. The van der Waals surface area contributed by atoms with Gasteiger partial charge >= 0.3 is 29.6 Å². The molecule has 13 heteroatoms. The molecule has 0 aliphatic heterocycles. The predicted molar refractivity (Wildman–Crippen MR) is 52.9 cm³/mol. The van der Waals surface area contributed by atoms with E-state index in [4.69, 9.17) is 31.2 Å². The van der Waals surface area contributed by atoms with E-state index in [9.17, 15) is 8.42 Å². The molecule has 0 unspecified atom stereocenters. The third-order valence-corrected chi connectivity index (χ3v) is 1.13. The van der Waals surface area contributed by atoms with Crippen LogP contribution in [-0.4, -0.2) is 39.6 Å². The van der Waals surface area contributed by atoms with Gasteiger partial charge in [-0.2, -0.15) is 20.6 Å². The van der Waals surface area contributed by atoms with Gasteiger partial charge in [0.2, 0.25) is 0 Å². The van der Waals surface area contributed by atoms with Crippen molar-refractivity contribution in [1.82, 2.24) is 0 Å². The minimum atomic E-state index is -3.80. The van der Waals surface area contributed by atoms with Gasteiger partial charge in [-0.1, -0.05) is 6.92 Å². The molecule has 0 spiro atoms. The van der Waals surface area contributed by atoms with Crippen molar-refractivity contribution < 1.29 is 69.2 Å². The molecule has 0 aliphatic rings. The summed E-state index contributed by atoms with van der Waals surface area (Å²) in [6.45, 7) is 1.63. The maximum Gasteiger partial charge on any atom is 1.00 e. The van der Waals surface area contributed by atoms with Crippen molar-refractivity contribution in [3.8, 4) is 0 Å². The Morgan fingerprint density at radius 2 is 1.25 bits per heavy atom. The van der Waals surface area contributed by atoms with Crippen LogP contribution in [0.2, 0.25) is 0 Å². The summed E-state index contributed by atoms with van der Waals surface area (Å²) < 4.78 is 73.1. The number of rotatable bonds is 2. The van der Waals surface area contributed by atoms with Gasteiger partial charge in [-0.05, 0) is 0 Å². The van der Waals surface area contributed by atoms with E-state index in [0.717, 1.165) is 5.75 Å². The molecule has 0 saturated carbocycles. The monoisotopic (exact) mass is 310 g/mol. The molecule has 0 fully saturated rings. The standard InChI is InChI=1S/C3H7O3S.Na.2H2O3S/c1-2-3-7(4,5)6;;2*1-4(2)3/h3H,2H2,1H3,(H,4,5,6);;2*(H2,1,2,3)/q-1;+1;;. The number of hydrogen-bond donors (Lipinski definition) is 5. The summed E-state index contributed by atoms with van der Waals surface area (Å²) >= 11 is -5.22. The zero-order valence-electron chi connectivity index (χ0n) is 8.38. The average molecular weight is 310 g/mol. The summed E-state index contributed by atoms with van der Waals surface area (Å²) in [6.07, 6.45) is 0.346. The van der Waals surface area contributed by atoms with Crippen LogP contribution in [0.1, 0.15) is 13.3 Å². The van der Waals surface area contributed by atoms with E-state index < -0.39 is 32.8 Å². The van der Waals surface area contributed by atoms with Crippen molar-refractivity contribution in [1.29, 1.82) is 0 Å². The van der Waals surface area contributed by atoms with Crippen molar-refractivity contribution in [2.24, 2.45) is 0 Å². The predicted octanol–water partition coefficient (Wildman–Crippen LogP) is -3.19. The van der Waals surface area contributed by atoms with Gasteiger partial charge in [-0.3, -0.25) is 18.2 Å². The van der Waals surface area contributed by atoms with Gasteiger partial charge in [-0.15, -0.1) is 0 Å². The molecular weight excluding hydrogens is 299 g/mol. The van der Waals surface area contributed by atoms with Crippen LogP contribution in [0.5, 0.6) is 0 Å². The summed E-state index contributed by atoms with van der Waals surface area (Å²) in [5, 5.41) is 0. The second-order valence-electron chi connectivity index (χ2n) is 1.55. The smallest absolute Gasteiger partial charge is 0.309 e. The number of hydrogen-bond acceptors (Lipinski definition) is 4. The van der Waals surface area contributed by atoms with Crippen LogP contribution in [0.4, 0.5) is 0 Å². The fourth-order valence-corrected chi connectivity index (χ4v) is 0.632. The van der Waals surface area contributed by atoms with Crippen LogP contribution < -0.4 is 29.6 Å². The van der Waals surface area contributed by atoms with E-state index in [0.29, 0.717) is 6.42 Å². The van der Waals surface area contributed by atoms with E-state index >= 15 is 0 Å². The molecule has 0 atom stereocenters. The van der Waals surface area contributed by atoms with Crippen molar-refractivity contribution >= 4 is 32.8 Å². The molecular formula is C3H11NaO9S3. The first-order valence-corrected chi connectivity index (χ1v) is 6.56. The maximum absolute atomic E-state index is 9.73. The minimum Gasteiger partial charge on any atom is -0.309 e. The van der Waals surface area contributed by atoms with Crippen LogP contribution in [0.15, 0.2) is 0 Å². The summed E-state index contributed by atoms with van der Waals surface area (Å²) in [7, 11) is -3.80. The van der Waals surface area contributed by atoms with Gasteiger partial charge in [0, 0.05) is 0 Å². The van der Waals surface area contributed by atoms with E-state index in [1.807, 2.05) is 0 Å². The van der Waals surface area contributed by atoms with Crippen LogP contribution in [-0.2, 0) is 32.8 Å². The molecule has 0 rings (SSSR count). The van der Waals surface area contributed by atoms with Gasteiger partial charge in [0.25, 0.3) is 22.7 Å². The fourth-order valence-electron chi connectivity index (χ4n) is 0.211. The van der Waals surface area contributed by atoms with Crippen molar-refractivity contribution in [2.75, 3.05) is 0 Å². The second-order valence-corrected chi connectivity index (χ2v) is 3.84. The molecule has 0 radical (unpaired) electrons. The Morgan fingerprint density at radius 3 is 1.25 bits per heavy atom. The van der Waals surface area contributed by atoms with Gasteiger partial charge in [0.1, 0.15) is 10.1 Å². The molecule has 0 amide bonds. The third kappa shape index (κ3) is 116. The minimum absolute atomic E-state index is 0. The zero-order chi connectivity index (χ0) is 13.1. The summed E-state index contributed by atoms with van der Waals surface area (Å²) in [6, 6.07) is 0. The van der Waals surface area contributed by atoms with Crippen LogP contribution in [0.25, 0.3) is 0 Å². The Bertz CT molecular complexity index is 254. The fraction of sp³-hybridized carbons (Fsp3) is 0.667. The maximum atomic E-state index is 9.73. The van der Waals surface area contributed by atoms with Gasteiger partial charge in [0.05, 0.1) is 0 Å². The van der Waals surface area contributed by atoms with Crippen molar-refractivity contribution in [2.45, 2.75) is 13.3 Å². The van der Waals surface area contributed by atoms with Crippen molar-refractivity contribution in [3.05, 3.63) is 5.75 Å². The first-order chi connectivity index (χ1) is 6.52. The molecule has 16 heavy (non-hydrogen) atoms. The van der Waals surface area contributed by atoms with E-state index in [1.54, 1.807) is 6.92 Å². The molecule has 0 aliphatic carbocycles. The SMILES string of the molecule is CC[CH-]S(=O)(=O)O.O=S(O)O.O=S(O)O.[Na+]. The summed E-state index contributed by atoms with van der Waals surface area (Å²) in [5.41, 5.74) is 0.